The van der Waals surface area contributed by atoms with Crippen LogP contribution in [0.25, 0.3) is 0 Å². The number of hydrogen-bond donors (Lipinski definition) is 1. The predicted octanol–water partition coefficient (Wildman–Crippen LogP) is 7.98. The molecule has 5 fully saturated rings. The molecule has 5 aliphatic carbocycles. The smallest absolute Gasteiger partial charge is 0.306 e. The molecule has 0 aromatic rings. The van der Waals surface area contributed by atoms with Crippen LogP contribution >= 0.6 is 0 Å². The summed E-state index contributed by atoms with van der Waals surface area (Å²) in [5.74, 6) is 1.10. The number of carbonyl (C=O) groups is 3. The number of hydrogen-bond acceptors (Lipinski definition) is 5. The highest BCUT2D eigenvalue weighted by Crippen LogP contribution is 2.77. The fourth-order valence-corrected chi connectivity index (χ4v) is 12.4. The van der Waals surface area contributed by atoms with E-state index in [1.807, 2.05) is 0 Å². The first kappa shape index (κ1) is 31.6. The molecule has 5 rings (SSSR count). The van der Waals surface area contributed by atoms with Crippen LogP contribution < -0.4 is 0 Å². The van der Waals surface area contributed by atoms with Gasteiger partial charge in [0.2, 0.25) is 0 Å². The first-order chi connectivity index (χ1) is 19.5. The van der Waals surface area contributed by atoms with Gasteiger partial charge < -0.3 is 14.6 Å². The number of carbonyl (C=O) groups excluding carboxylic acids is 2. The number of carboxylic acid groups (broad SMARTS) is 1. The predicted molar refractivity (Wildman–Crippen MR) is 162 cm³/mol. The highest BCUT2D eigenvalue weighted by Gasteiger charge is 2.71. The Hall–Kier alpha value is -1.85. The van der Waals surface area contributed by atoms with E-state index in [9.17, 15) is 14.4 Å². The number of rotatable bonds is 7. The van der Waals surface area contributed by atoms with Crippen molar-refractivity contribution in [1.82, 2.24) is 0 Å². The molecule has 0 heterocycles. The first-order valence-corrected chi connectivity index (χ1v) is 16.7. The second-order valence-corrected chi connectivity index (χ2v) is 16.6. The Morgan fingerprint density at radius 3 is 2.17 bits per heavy atom. The van der Waals surface area contributed by atoms with Gasteiger partial charge in [-0.2, -0.15) is 0 Å². The van der Waals surface area contributed by atoms with E-state index in [0.29, 0.717) is 36.2 Å². The molecule has 0 aliphatic heterocycles. The second kappa shape index (κ2) is 10.6. The van der Waals surface area contributed by atoms with Crippen LogP contribution in [0.5, 0.6) is 0 Å². The molecule has 42 heavy (non-hydrogen) atoms. The third-order valence-electron chi connectivity index (χ3n) is 14.6. The summed E-state index contributed by atoms with van der Waals surface area (Å²) in [5, 5.41) is 9.03. The summed E-state index contributed by atoms with van der Waals surface area (Å²) in [5.41, 5.74) is 1.82. The normalized spacial score (nSPS) is 45.4. The van der Waals surface area contributed by atoms with Crippen LogP contribution in [0.3, 0.4) is 0 Å². The molecule has 5 aliphatic rings. The first-order valence-electron chi connectivity index (χ1n) is 16.7. The molecule has 236 valence electrons. The van der Waals surface area contributed by atoms with E-state index in [0.717, 1.165) is 38.5 Å². The molecule has 0 aromatic heterocycles. The molecule has 0 amide bonds. The van der Waals surface area contributed by atoms with Gasteiger partial charge in [-0.3, -0.25) is 14.4 Å². The largest absolute Gasteiger partial charge is 0.481 e. The minimum atomic E-state index is -0.962. The van der Waals surface area contributed by atoms with Gasteiger partial charge in [0.05, 0.1) is 19.4 Å². The van der Waals surface area contributed by atoms with Crippen molar-refractivity contribution in [1.29, 1.82) is 0 Å². The molecule has 0 radical (unpaired) electrons. The van der Waals surface area contributed by atoms with Gasteiger partial charge >= 0.3 is 17.9 Å². The Bertz CT molecular complexity index is 1130. The Labute approximate surface area is 253 Å². The van der Waals surface area contributed by atoms with E-state index in [4.69, 9.17) is 14.6 Å². The summed E-state index contributed by atoms with van der Waals surface area (Å²) < 4.78 is 11.8. The standard InChI is InChI=1S/C36H56O6/c1-22(2)24-13-18-36(21-41-30(40)12-11-29(38)39)20-19-34(7)25(31(24)36)9-10-27-33(6)16-15-28(42-23(3)37)32(4,5)26(33)14-17-35(27,34)8/h24-28,31H,1,9-21H2,2-8H3,(H,38,39)/t24-,25+,26+,27+,28-,31+,33-,34+,35+,36+/m0/s1. The molecule has 0 unspecified atom stereocenters. The lowest BCUT2D eigenvalue weighted by Crippen LogP contribution is -2.67. The lowest BCUT2D eigenvalue weighted by Gasteiger charge is -2.73. The highest BCUT2D eigenvalue weighted by atomic mass is 16.5. The maximum absolute atomic E-state index is 12.5. The van der Waals surface area contributed by atoms with Crippen LogP contribution in [0, 0.1) is 56.7 Å². The average Bonchev–Trinajstić information content (AvgIpc) is 3.28. The van der Waals surface area contributed by atoms with Crippen LogP contribution in [0.4, 0.5) is 0 Å². The van der Waals surface area contributed by atoms with Gasteiger partial charge in [0.15, 0.2) is 0 Å². The average molecular weight is 585 g/mol. The summed E-state index contributed by atoms with van der Waals surface area (Å²) in [4.78, 5) is 35.5. The SMILES string of the molecule is C=C(C)[C@@H]1CC[C@]2(COC(=O)CCC(=O)O)CC[C@]3(C)[C@H](CC[C@@H]4[C@@]5(C)CC[C@H](OC(C)=O)C(C)(C)[C@H]5CC[C@]43C)[C@@H]12. The van der Waals surface area contributed by atoms with Crippen molar-refractivity contribution in [2.24, 2.45) is 56.7 Å². The lowest BCUT2D eigenvalue weighted by molar-refractivity contribution is -0.252. The molecular weight excluding hydrogens is 528 g/mol. The van der Waals surface area contributed by atoms with E-state index < -0.39 is 5.97 Å². The van der Waals surface area contributed by atoms with Crippen molar-refractivity contribution in [2.45, 2.75) is 132 Å². The van der Waals surface area contributed by atoms with E-state index in [-0.39, 0.29) is 58.0 Å². The number of aliphatic carboxylic acids is 1. The molecule has 0 saturated heterocycles. The Morgan fingerprint density at radius 2 is 1.52 bits per heavy atom. The fraction of sp³-hybridized carbons (Fsp3) is 0.861. The molecule has 0 bridgehead atoms. The maximum Gasteiger partial charge on any atom is 0.306 e. The zero-order valence-electron chi connectivity index (χ0n) is 27.4. The monoisotopic (exact) mass is 584 g/mol. The van der Waals surface area contributed by atoms with Gasteiger partial charge in [0.1, 0.15) is 6.10 Å². The molecule has 0 aromatic carbocycles. The second-order valence-electron chi connectivity index (χ2n) is 16.6. The lowest BCUT2D eigenvalue weighted by atomic mass is 9.32. The van der Waals surface area contributed by atoms with E-state index in [1.165, 1.54) is 31.3 Å². The van der Waals surface area contributed by atoms with Gasteiger partial charge in [-0.15, -0.1) is 0 Å². The topological polar surface area (TPSA) is 89.9 Å². The third-order valence-corrected chi connectivity index (χ3v) is 14.6. The molecule has 5 saturated carbocycles. The Kier molecular flexibility index (Phi) is 8.00. The van der Waals surface area contributed by atoms with Crippen molar-refractivity contribution in [2.75, 3.05) is 6.61 Å². The van der Waals surface area contributed by atoms with Crippen LogP contribution in [-0.2, 0) is 23.9 Å². The van der Waals surface area contributed by atoms with E-state index in [1.54, 1.807) is 6.92 Å². The Balaban J connectivity index is 1.43. The van der Waals surface area contributed by atoms with Crippen LogP contribution in [-0.4, -0.2) is 35.7 Å². The van der Waals surface area contributed by atoms with E-state index >= 15 is 0 Å². The highest BCUT2D eigenvalue weighted by molar-refractivity contribution is 5.76. The Morgan fingerprint density at radius 1 is 0.810 bits per heavy atom. The van der Waals surface area contributed by atoms with Gasteiger partial charge in [-0.1, -0.05) is 46.8 Å². The molecule has 0 spiro atoms. The van der Waals surface area contributed by atoms with Gasteiger partial charge in [0, 0.05) is 17.8 Å². The maximum atomic E-state index is 12.5. The van der Waals surface area contributed by atoms with Crippen LogP contribution in [0.1, 0.15) is 126 Å². The number of fused-ring (bicyclic) bond motifs is 7. The summed E-state index contributed by atoms with van der Waals surface area (Å²) >= 11 is 0. The summed E-state index contributed by atoms with van der Waals surface area (Å²) in [6, 6.07) is 0. The molecule has 10 atom stereocenters. The van der Waals surface area contributed by atoms with E-state index in [2.05, 4.69) is 48.1 Å². The van der Waals surface area contributed by atoms with Crippen molar-refractivity contribution >= 4 is 17.9 Å². The minimum Gasteiger partial charge on any atom is -0.481 e. The zero-order chi connectivity index (χ0) is 30.9. The van der Waals surface area contributed by atoms with Crippen molar-refractivity contribution in [3.8, 4) is 0 Å². The zero-order valence-corrected chi connectivity index (χ0v) is 27.4. The number of esters is 2. The van der Waals surface area contributed by atoms with Gasteiger partial charge in [-0.25, -0.2) is 0 Å². The van der Waals surface area contributed by atoms with Gasteiger partial charge in [0.25, 0.3) is 0 Å². The molecule has 6 heteroatoms. The number of carboxylic acids is 1. The van der Waals surface area contributed by atoms with Crippen molar-refractivity contribution in [3.05, 3.63) is 12.2 Å². The fourth-order valence-electron chi connectivity index (χ4n) is 12.4. The molecule has 6 nitrogen and oxygen atoms in total. The number of allylic oxidation sites excluding steroid dienone is 1. The molecule has 1 N–H and O–H groups in total. The minimum absolute atomic E-state index is 0.00678. The summed E-state index contributed by atoms with van der Waals surface area (Å²) in [6.45, 7) is 21.1. The van der Waals surface area contributed by atoms with Crippen LogP contribution in [0.2, 0.25) is 0 Å². The van der Waals surface area contributed by atoms with Gasteiger partial charge in [-0.05, 0) is 117 Å². The number of ether oxygens (including phenoxy) is 2. The molecular formula is C36H56O6. The van der Waals surface area contributed by atoms with Crippen molar-refractivity contribution in [3.63, 3.8) is 0 Å². The summed E-state index contributed by atoms with van der Waals surface area (Å²) in [7, 11) is 0. The van der Waals surface area contributed by atoms with Crippen LogP contribution in [0.15, 0.2) is 12.2 Å². The quantitative estimate of drug-likeness (QED) is 0.241. The third kappa shape index (κ3) is 4.67. The van der Waals surface area contributed by atoms with Crippen molar-refractivity contribution < 1.29 is 29.0 Å². The summed E-state index contributed by atoms with van der Waals surface area (Å²) in [6.07, 6.45) is 11.0.